The highest BCUT2D eigenvalue weighted by molar-refractivity contribution is 4.99. The van der Waals surface area contributed by atoms with Gasteiger partial charge in [-0.1, -0.05) is 0 Å². The van der Waals surface area contributed by atoms with Crippen molar-refractivity contribution in [1.82, 2.24) is 0 Å². The number of rotatable bonds is 0. The van der Waals surface area contributed by atoms with E-state index in [0.29, 0.717) is 0 Å². The van der Waals surface area contributed by atoms with E-state index in [1.165, 1.54) is 38.8 Å². The van der Waals surface area contributed by atoms with Crippen LogP contribution < -0.4 is 24.8 Å². The van der Waals surface area contributed by atoms with Crippen LogP contribution in [-0.4, -0.2) is 63.3 Å². The fraction of sp³-hybridized carbons (Fsp3) is 0.857. The zero-order valence-corrected chi connectivity index (χ0v) is 13.8. The summed E-state index contributed by atoms with van der Waals surface area (Å²) in [6.45, 7) is 4.54. The fourth-order valence-electron chi connectivity index (χ4n) is 2.13. The van der Waals surface area contributed by atoms with Crippen LogP contribution in [0.15, 0.2) is 0 Å². The van der Waals surface area contributed by atoms with Gasteiger partial charge in [0.05, 0.1) is 41.3 Å². The molecular formula is C14H28Cl2N2. The molecule has 0 saturated carbocycles. The van der Waals surface area contributed by atoms with Gasteiger partial charge in [-0.2, -0.15) is 0 Å². The van der Waals surface area contributed by atoms with E-state index in [9.17, 15) is 0 Å². The van der Waals surface area contributed by atoms with Crippen LogP contribution in [0.3, 0.4) is 0 Å². The molecule has 2 nitrogen and oxygen atoms in total. The normalized spacial score (nSPS) is 22.9. The van der Waals surface area contributed by atoms with Gasteiger partial charge in [0.15, 0.2) is 0 Å². The minimum Gasteiger partial charge on any atom is -1.00 e. The second kappa shape index (κ2) is 9.04. The molecule has 108 valence electrons. The number of nitrogens with zero attached hydrogens (tertiary/aromatic N) is 2. The van der Waals surface area contributed by atoms with E-state index >= 15 is 0 Å². The molecule has 0 aromatic carbocycles. The molecule has 0 amide bonds. The fourth-order valence-corrected chi connectivity index (χ4v) is 2.13. The van der Waals surface area contributed by atoms with Gasteiger partial charge in [-0.15, -0.1) is 0 Å². The van der Waals surface area contributed by atoms with Gasteiger partial charge in [0, 0.05) is 0 Å². The summed E-state index contributed by atoms with van der Waals surface area (Å²) in [5.41, 5.74) is 0. The Bertz CT molecular complexity index is 251. The van der Waals surface area contributed by atoms with E-state index in [2.05, 4.69) is 40.0 Å². The first-order valence-electron chi connectivity index (χ1n) is 6.51. The van der Waals surface area contributed by atoms with E-state index in [1.54, 1.807) is 0 Å². The molecule has 0 atom stereocenters. The lowest BCUT2D eigenvalue weighted by Gasteiger charge is -2.29. The molecule has 0 aromatic heterocycles. The second-order valence-electron chi connectivity index (χ2n) is 6.40. The predicted octanol–water partition coefficient (Wildman–Crippen LogP) is -4.28. The number of quaternary nitrogens is 2. The van der Waals surface area contributed by atoms with Gasteiger partial charge in [-0.05, 0) is 37.5 Å². The van der Waals surface area contributed by atoms with Crippen LogP contribution in [0.2, 0.25) is 0 Å². The van der Waals surface area contributed by atoms with Crippen molar-refractivity contribution in [2.24, 2.45) is 0 Å². The molecule has 0 aliphatic carbocycles. The lowest BCUT2D eigenvalue weighted by molar-refractivity contribution is -0.885. The van der Waals surface area contributed by atoms with Crippen molar-refractivity contribution in [2.45, 2.75) is 25.7 Å². The predicted molar refractivity (Wildman–Crippen MR) is 69.9 cm³/mol. The van der Waals surface area contributed by atoms with E-state index in [-0.39, 0.29) is 24.8 Å². The zero-order chi connectivity index (χ0) is 12.1. The van der Waals surface area contributed by atoms with Crippen LogP contribution in [0.5, 0.6) is 0 Å². The molecule has 0 radical (unpaired) electrons. The lowest BCUT2D eigenvalue weighted by atomic mass is 10.1. The highest BCUT2D eigenvalue weighted by Gasteiger charge is 2.15. The molecule has 0 N–H and O–H groups in total. The highest BCUT2D eigenvalue weighted by atomic mass is 35.5. The molecule has 0 spiro atoms. The van der Waals surface area contributed by atoms with Crippen molar-refractivity contribution in [2.75, 3.05) is 54.4 Å². The van der Waals surface area contributed by atoms with Crippen molar-refractivity contribution in [1.29, 1.82) is 0 Å². The van der Waals surface area contributed by atoms with Crippen molar-refractivity contribution in [3.8, 4) is 11.8 Å². The molecule has 4 heteroatoms. The Hall–Kier alpha value is 0.0600. The number of hydrogen-bond donors (Lipinski definition) is 0. The van der Waals surface area contributed by atoms with Crippen molar-refractivity contribution in [3.63, 3.8) is 0 Å². The quantitative estimate of drug-likeness (QED) is 0.314. The monoisotopic (exact) mass is 294 g/mol. The van der Waals surface area contributed by atoms with Gasteiger partial charge in [0.2, 0.25) is 0 Å². The van der Waals surface area contributed by atoms with Gasteiger partial charge in [-0.25, -0.2) is 0 Å². The van der Waals surface area contributed by atoms with E-state index in [4.69, 9.17) is 0 Å². The smallest absolute Gasteiger partial charge is 0.140 e. The minimum atomic E-state index is 0. The molecule has 1 aliphatic heterocycles. The maximum atomic E-state index is 3.36. The third-order valence-corrected chi connectivity index (χ3v) is 3.42. The summed E-state index contributed by atoms with van der Waals surface area (Å²) in [6.07, 6.45) is 5.47. The molecule has 1 aliphatic rings. The number of hydrogen-bond acceptors (Lipinski definition) is 0. The van der Waals surface area contributed by atoms with Gasteiger partial charge in [0.25, 0.3) is 0 Å². The van der Waals surface area contributed by atoms with Crippen LogP contribution in [0.1, 0.15) is 25.7 Å². The van der Waals surface area contributed by atoms with E-state index < -0.39 is 0 Å². The molecule has 0 saturated heterocycles. The Morgan fingerprint density at radius 1 is 0.611 bits per heavy atom. The summed E-state index contributed by atoms with van der Waals surface area (Å²) in [5, 5.41) is 0. The molecule has 18 heavy (non-hydrogen) atoms. The van der Waals surface area contributed by atoms with Gasteiger partial charge in [0.1, 0.15) is 13.1 Å². The number of halogens is 2. The lowest BCUT2D eigenvalue weighted by Crippen LogP contribution is -3.00. The largest absolute Gasteiger partial charge is 1.00 e. The first-order chi connectivity index (χ1) is 7.41. The van der Waals surface area contributed by atoms with Crippen molar-refractivity contribution in [3.05, 3.63) is 0 Å². The van der Waals surface area contributed by atoms with Crippen LogP contribution in [0.4, 0.5) is 0 Å². The average molecular weight is 295 g/mol. The molecule has 0 bridgehead atoms. The second-order valence-corrected chi connectivity index (χ2v) is 6.40. The van der Waals surface area contributed by atoms with Crippen LogP contribution in [-0.2, 0) is 0 Å². The highest BCUT2D eigenvalue weighted by Crippen LogP contribution is 2.08. The Kier molecular flexibility index (Phi) is 10.2. The third kappa shape index (κ3) is 9.05. The summed E-state index contributed by atoms with van der Waals surface area (Å²) in [7, 11) is 9.17. The van der Waals surface area contributed by atoms with E-state index in [0.717, 1.165) is 22.1 Å². The summed E-state index contributed by atoms with van der Waals surface area (Å²) >= 11 is 0. The minimum absolute atomic E-state index is 0. The summed E-state index contributed by atoms with van der Waals surface area (Å²) in [5.74, 6) is 6.71. The zero-order valence-electron chi connectivity index (χ0n) is 12.3. The van der Waals surface area contributed by atoms with Crippen molar-refractivity contribution < 1.29 is 33.8 Å². The van der Waals surface area contributed by atoms with Crippen molar-refractivity contribution >= 4 is 0 Å². The van der Waals surface area contributed by atoms with Crippen LogP contribution >= 0.6 is 0 Å². The third-order valence-electron chi connectivity index (χ3n) is 3.42. The molecule has 0 fully saturated rings. The van der Waals surface area contributed by atoms with Gasteiger partial charge in [-0.3, -0.25) is 0 Å². The Balaban J connectivity index is 0. The first-order valence-corrected chi connectivity index (χ1v) is 6.51. The average Bonchev–Trinajstić information content (AvgIpc) is 2.17. The topological polar surface area (TPSA) is 0 Å². The maximum absolute atomic E-state index is 3.36. The molecule has 0 unspecified atom stereocenters. The first kappa shape index (κ1) is 20.4. The van der Waals surface area contributed by atoms with Crippen LogP contribution in [0.25, 0.3) is 0 Å². The maximum Gasteiger partial charge on any atom is 0.140 e. The van der Waals surface area contributed by atoms with Gasteiger partial charge >= 0.3 is 0 Å². The Morgan fingerprint density at radius 2 is 0.944 bits per heavy atom. The van der Waals surface area contributed by atoms with E-state index in [1.807, 2.05) is 0 Å². The molecule has 1 rings (SSSR count). The molecular weight excluding hydrogens is 267 g/mol. The molecule has 0 aromatic rings. The Labute approximate surface area is 126 Å². The summed E-state index contributed by atoms with van der Waals surface area (Å²) < 4.78 is 2.11. The molecule has 1 heterocycles. The van der Waals surface area contributed by atoms with Crippen LogP contribution in [0, 0.1) is 11.8 Å². The standard InChI is InChI=1S/C14H28N2.2ClH/c1-15(2)11-7-5-6-8-12-16(3,4)14-10-9-13-15;;/h5-8,11-14H2,1-4H3;2*1H/q+2;;/p-2. The Morgan fingerprint density at radius 3 is 1.28 bits per heavy atom. The SMILES string of the molecule is C[N+]1(C)CC#CC[N+](C)(C)CCCCCC1.[Cl-].[Cl-]. The van der Waals surface area contributed by atoms with Gasteiger partial charge < -0.3 is 33.8 Å². The summed E-state index contributed by atoms with van der Waals surface area (Å²) in [6, 6.07) is 0. The summed E-state index contributed by atoms with van der Waals surface area (Å²) in [4.78, 5) is 0.